The number of nitrogens with zero attached hydrogens (tertiary/aromatic N) is 1. The minimum atomic E-state index is -1.07. The zero-order valence-electron chi connectivity index (χ0n) is 9.19. The van der Waals surface area contributed by atoms with Crippen molar-refractivity contribution < 1.29 is 19.4 Å². The average Bonchev–Trinajstić information content (AvgIpc) is 1.99. The lowest BCUT2D eigenvalue weighted by Crippen LogP contribution is -2.40. The zero-order valence-corrected chi connectivity index (χ0v) is 10.1. The number of carboxylic acid groups (broad SMARTS) is 1. The molecule has 1 amide bonds. The van der Waals surface area contributed by atoms with E-state index >= 15 is 0 Å². The quantitative estimate of drug-likeness (QED) is 0.719. The Morgan fingerprint density at radius 1 is 1.40 bits per heavy atom. The van der Waals surface area contributed by atoms with Gasteiger partial charge in [0.1, 0.15) is 12.1 Å². The van der Waals surface area contributed by atoms with Gasteiger partial charge in [-0.2, -0.15) is 12.6 Å². The van der Waals surface area contributed by atoms with Crippen LogP contribution in [0.5, 0.6) is 0 Å². The summed E-state index contributed by atoms with van der Waals surface area (Å²) in [5.74, 6) is -0.672. The number of carbonyl (C=O) groups excluding carboxylic acids is 1. The molecule has 0 radical (unpaired) electrons. The Hall–Kier alpha value is -0.910. The predicted molar refractivity (Wildman–Crippen MR) is 59.3 cm³/mol. The van der Waals surface area contributed by atoms with Crippen LogP contribution < -0.4 is 0 Å². The Morgan fingerprint density at radius 2 is 1.93 bits per heavy atom. The van der Waals surface area contributed by atoms with E-state index in [9.17, 15) is 9.59 Å². The number of hydrogen-bond donors (Lipinski definition) is 2. The molecule has 0 aromatic carbocycles. The first-order valence-electron chi connectivity index (χ1n) is 4.57. The van der Waals surface area contributed by atoms with Crippen molar-refractivity contribution in [2.45, 2.75) is 26.4 Å². The Bertz CT molecular complexity index is 237. The fraction of sp³-hybridized carbons (Fsp3) is 0.778. The molecule has 0 spiro atoms. The number of aliphatic carboxylic acids is 1. The van der Waals surface area contributed by atoms with Gasteiger partial charge in [0.15, 0.2) is 0 Å². The van der Waals surface area contributed by atoms with E-state index in [1.54, 1.807) is 20.8 Å². The lowest BCUT2D eigenvalue weighted by molar-refractivity contribution is -0.138. The van der Waals surface area contributed by atoms with Gasteiger partial charge in [-0.15, -0.1) is 0 Å². The second-order valence-electron chi connectivity index (χ2n) is 4.02. The number of hydrogen-bond acceptors (Lipinski definition) is 4. The van der Waals surface area contributed by atoms with Crippen molar-refractivity contribution >= 4 is 24.7 Å². The fourth-order valence-corrected chi connectivity index (χ4v) is 1.09. The van der Waals surface area contributed by atoms with Crippen LogP contribution >= 0.6 is 12.6 Å². The van der Waals surface area contributed by atoms with Crippen molar-refractivity contribution in [1.29, 1.82) is 0 Å². The smallest absolute Gasteiger partial charge is 0.410 e. The van der Waals surface area contributed by atoms with Gasteiger partial charge < -0.3 is 9.84 Å². The van der Waals surface area contributed by atoms with E-state index in [0.717, 1.165) is 4.90 Å². The van der Waals surface area contributed by atoms with Gasteiger partial charge in [0.05, 0.1) is 0 Å². The molecule has 5 nitrogen and oxygen atoms in total. The summed E-state index contributed by atoms with van der Waals surface area (Å²) in [7, 11) is 0. The Kier molecular flexibility index (Phi) is 5.49. The summed E-state index contributed by atoms with van der Waals surface area (Å²) >= 11 is 3.95. The van der Waals surface area contributed by atoms with E-state index in [1.807, 2.05) is 0 Å². The van der Waals surface area contributed by atoms with E-state index in [2.05, 4.69) is 12.6 Å². The maximum absolute atomic E-state index is 11.5. The van der Waals surface area contributed by atoms with Crippen LogP contribution in [0.4, 0.5) is 4.79 Å². The summed E-state index contributed by atoms with van der Waals surface area (Å²) in [6.45, 7) is 5.07. The molecule has 0 atom stereocenters. The van der Waals surface area contributed by atoms with Gasteiger partial charge in [-0.05, 0) is 20.8 Å². The SMILES string of the molecule is CC(C)(C)OC(=O)N(CCS)CC(=O)O. The molecule has 0 aromatic heterocycles. The molecule has 0 unspecified atom stereocenters. The van der Waals surface area contributed by atoms with Crippen LogP contribution in [0.3, 0.4) is 0 Å². The van der Waals surface area contributed by atoms with Crippen molar-refractivity contribution in [3.63, 3.8) is 0 Å². The third-order valence-electron chi connectivity index (χ3n) is 1.35. The summed E-state index contributed by atoms with van der Waals surface area (Å²) in [6, 6.07) is 0. The molecule has 6 heteroatoms. The number of carboxylic acids is 1. The molecule has 0 aliphatic heterocycles. The summed E-state index contributed by atoms with van der Waals surface area (Å²) in [5.41, 5.74) is -0.621. The highest BCUT2D eigenvalue weighted by Crippen LogP contribution is 2.09. The molecule has 0 heterocycles. The first kappa shape index (κ1) is 14.1. The third-order valence-corrected chi connectivity index (χ3v) is 1.55. The molecule has 0 aromatic rings. The molecule has 0 aliphatic carbocycles. The van der Waals surface area contributed by atoms with Gasteiger partial charge in [-0.3, -0.25) is 9.69 Å². The minimum Gasteiger partial charge on any atom is -0.480 e. The van der Waals surface area contributed by atoms with Gasteiger partial charge >= 0.3 is 12.1 Å². The van der Waals surface area contributed by atoms with Crippen LogP contribution in [0, 0.1) is 0 Å². The van der Waals surface area contributed by atoms with Crippen molar-refractivity contribution in [3.8, 4) is 0 Å². The molecule has 15 heavy (non-hydrogen) atoms. The minimum absolute atomic E-state index is 0.254. The van der Waals surface area contributed by atoms with Gasteiger partial charge in [-0.1, -0.05) is 0 Å². The monoisotopic (exact) mass is 235 g/mol. The molecule has 0 bridgehead atoms. The second kappa shape index (κ2) is 5.85. The summed E-state index contributed by atoms with van der Waals surface area (Å²) < 4.78 is 5.04. The van der Waals surface area contributed by atoms with Gasteiger partial charge in [0.2, 0.25) is 0 Å². The summed E-state index contributed by atoms with van der Waals surface area (Å²) in [4.78, 5) is 23.1. The predicted octanol–water partition coefficient (Wildman–Crippen LogP) is 1.24. The van der Waals surface area contributed by atoms with Crippen LogP contribution in [0.25, 0.3) is 0 Å². The van der Waals surface area contributed by atoms with Crippen LogP contribution in [0.15, 0.2) is 0 Å². The van der Waals surface area contributed by atoms with E-state index in [0.29, 0.717) is 5.75 Å². The van der Waals surface area contributed by atoms with Crippen molar-refractivity contribution in [3.05, 3.63) is 0 Å². The highest BCUT2D eigenvalue weighted by molar-refractivity contribution is 7.80. The molecular weight excluding hydrogens is 218 g/mol. The number of thiol groups is 1. The third kappa shape index (κ3) is 7.07. The maximum Gasteiger partial charge on any atom is 0.410 e. The van der Waals surface area contributed by atoms with E-state index in [4.69, 9.17) is 9.84 Å². The van der Waals surface area contributed by atoms with Crippen molar-refractivity contribution in [2.75, 3.05) is 18.8 Å². The van der Waals surface area contributed by atoms with Crippen LogP contribution in [-0.2, 0) is 9.53 Å². The molecule has 88 valence electrons. The average molecular weight is 235 g/mol. The number of amides is 1. The lowest BCUT2D eigenvalue weighted by atomic mass is 10.2. The van der Waals surface area contributed by atoms with Gasteiger partial charge in [-0.25, -0.2) is 4.79 Å². The van der Waals surface area contributed by atoms with Gasteiger partial charge in [0, 0.05) is 12.3 Å². The Balaban J connectivity index is 4.35. The number of carbonyl (C=O) groups is 2. The molecule has 0 fully saturated rings. The van der Waals surface area contributed by atoms with E-state index < -0.39 is 17.7 Å². The first-order valence-corrected chi connectivity index (χ1v) is 5.20. The van der Waals surface area contributed by atoms with E-state index in [1.165, 1.54) is 0 Å². The molecule has 0 saturated heterocycles. The molecule has 0 rings (SSSR count). The van der Waals surface area contributed by atoms with Crippen LogP contribution in [-0.4, -0.2) is 46.5 Å². The largest absolute Gasteiger partial charge is 0.480 e. The lowest BCUT2D eigenvalue weighted by Gasteiger charge is -2.25. The molecular formula is C9H17NO4S. The second-order valence-corrected chi connectivity index (χ2v) is 4.47. The fourth-order valence-electron chi connectivity index (χ4n) is 0.845. The van der Waals surface area contributed by atoms with Crippen LogP contribution in [0.1, 0.15) is 20.8 Å². The number of rotatable bonds is 4. The van der Waals surface area contributed by atoms with E-state index in [-0.39, 0.29) is 13.1 Å². The Labute approximate surface area is 94.8 Å². The highest BCUT2D eigenvalue weighted by atomic mass is 32.1. The van der Waals surface area contributed by atoms with Gasteiger partial charge in [0.25, 0.3) is 0 Å². The van der Waals surface area contributed by atoms with Crippen LogP contribution in [0.2, 0.25) is 0 Å². The zero-order chi connectivity index (χ0) is 12.1. The van der Waals surface area contributed by atoms with Crippen molar-refractivity contribution in [2.24, 2.45) is 0 Å². The molecule has 0 aliphatic rings. The maximum atomic E-state index is 11.5. The molecule has 1 N–H and O–H groups in total. The highest BCUT2D eigenvalue weighted by Gasteiger charge is 2.22. The summed E-state index contributed by atoms with van der Waals surface area (Å²) in [5, 5.41) is 8.58. The normalized spacial score (nSPS) is 10.9. The standard InChI is InChI=1S/C9H17NO4S/c1-9(2,3)14-8(13)10(4-5-15)6-7(11)12/h15H,4-6H2,1-3H3,(H,11,12). The van der Waals surface area contributed by atoms with Crippen molar-refractivity contribution in [1.82, 2.24) is 4.90 Å². The topological polar surface area (TPSA) is 66.8 Å². The molecule has 0 saturated carbocycles. The number of ether oxygens (including phenoxy) is 1. The summed E-state index contributed by atoms with van der Waals surface area (Å²) in [6.07, 6.45) is -0.626. The Morgan fingerprint density at radius 3 is 2.27 bits per heavy atom. The first-order chi connectivity index (χ1) is 6.76.